The van der Waals surface area contributed by atoms with Crippen molar-refractivity contribution < 1.29 is 0 Å². The van der Waals surface area contributed by atoms with Crippen molar-refractivity contribution in [2.75, 3.05) is 7.05 Å². The van der Waals surface area contributed by atoms with Crippen LogP contribution in [0.2, 0.25) is 0 Å². The molecule has 0 spiro atoms. The van der Waals surface area contributed by atoms with Gasteiger partial charge in [-0.05, 0) is 43.1 Å². The molecule has 1 unspecified atom stereocenters. The molecule has 0 aliphatic rings. The van der Waals surface area contributed by atoms with E-state index in [0.717, 1.165) is 6.42 Å². The van der Waals surface area contributed by atoms with Gasteiger partial charge in [0.05, 0.1) is 6.04 Å². The maximum absolute atomic E-state index is 4.21. The second kappa shape index (κ2) is 5.78. The number of nitrogens with zero attached hydrogens (tertiary/aromatic N) is 1. The van der Waals surface area contributed by atoms with Gasteiger partial charge in [0.15, 0.2) is 0 Å². The molecule has 0 radical (unpaired) electrons. The lowest BCUT2D eigenvalue weighted by Gasteiger charge is -2.20. The standard InChI is InChI=1S/C16H20N2/c1-4-13-11-18-10-9-15(13)16(17-3)14-7-5-12(2)6-8-14/h5-11,16-17H,4H2,1-3H3. The fourth-order valence-electron chi connectivity index (χ4n) is 2.28. The molecule has 0 saturated carbocycles. The highest BCUT2D eigenvalue weighted by molar-refractivity contribution is 5.36. The van der Waals surface area contributed by atoms with Gasteiger partial charge in [-0.25, -0.2) is 0 Å². The first-order valence-corrected chi connectivity index (χ1v) is 6.43. The predicted molar refractivity (Wildman–Crippen MR) is 75.7 cm³/mol. The lowest BCUT2D eigenvalue weighted by atomic mass is 9.94. The average Bonchev–Trinajstić information content (AvgIpc) is 2.42. The van der Waals surface area contributed by atoms with Gasteiger partial charge in [0, 0.05) is 12.4 Å². The number of hydrogen-bond acceptors (Lipinski definition) is 2. The Balaban J connectivity index is 2.41. The molecule has 1 heterocycles. The Morgan fingerprint density at radius 2 is 1.89 bits per heavy atom. The maximum atomic E-state index is 4.21. The summed E-state index contributed by atoms with van der Waals surface area (Å²) in [6.07, 6.45) is 4.84. The SMILES string of the molecule is CCc1cnccc1C(NC)c1ccc(C)cc1. The van der Waals surface area contributed by atoms with Crippen molar-refractivity contribution >= 4 is 0 Å². The largest absolute Gasteiger partial charge is 0.309 e. The van der Waals surface area contributed by atoms with Crippen LogP contribution in [-0.2, 0) is 6.42 Å². The maximum Gasteiger partial charge on any atom is 0.0578 e. The molecule has 1 aromatic carbocycles. The Kier molecular flexibility index (Phi) is 4.11. The smallest absolute Gasteiger partial charge is 0.0578 e. The lowest BCUT2D eigenvalue weighted by molar-refractivity contribution is 0.682. The van der Waals surface area contributed by atoms with Gasteiger partial charge >= 0.3 is 0 Å². The fourth-order valence-corrected chi connectivity index (χ4v) is 2.28. The number of hydrogen-bond donors (Lipinski definition) is 1. The summed E-state index contributed by atoms with van der Waals surface area (Å²) in [7, 11) is 2.00. The van der Waals surface area contributed by atoms with Crippen LogP contribution in [0.4, 0.5) is 0 Å². The summed E-state index contributed by atoms with van der Waals surface area (Å²) in [6, 6.07) is 11.1. The van der Waals surface area contributed by atoms with Gasteiger partial charge in [0.2, 0.25) is 0 Å². The first-order chi connectivity index (χ1) is 8.76. The molecule has 0 aliphatic carbocycles. The number of pyridine rings is 1. The van der Waals surface area contributed by atoms with E-state index in [1.807, 2.05) is 19.4 Å². The van der Waals surface area contributed by atoms with Crippen molar-refractivity contribution in [2.45, 2.75) is 26.3 Å². The molecule has 2 rings (SSSR count). The molecule has 0 bridgehead atoms. The van der Waals surface area contributed by atoms with Crippen LogP contribution in [0.3, 0.4) is 0 Å². The number of nitrogens with one attached hydrogen (secondary N) is 1. The second-order valence-corrected chi connectivity index (χ2v) is 4.56. The molecule has 0 amide bonds. The first kappa shape index (κ1) is 12.8. The zero-order valence-electron chi connectivity index (χ0n) is 11.3. The lowest BCUT2D eigenvalue weighted by Crippen LogP contribution is -2.19. The zero-order chi connectivity index (χ0) is 13.0. The normalized spacial score (nSPS) is 12.4. The van der Waals surface area contributed by atoms with E-state index in [4.69, 9.17) is 0 Å². The molecule has 2 heteroatoms. The third kappa shape index (κ3) is 2.59. The highest BCUT2D eigenvalue weighted by atomic mass is 14.9. The fraction of sp³-hybridized carbons (Fsp3) is 0.312. The molecule has 2 aromatic rings. The Bertz CT molecular complexity index is 503. The third-order valence-corrected chi connectivity index (χ3v) is 3.33. The summed E-state index contributed by atoms with van der Waals surface area (Å²) in [5, 5.41) is 3.40. The van der Waals surface area contributed by atoms with Crippen molar-refractivity contribution in [3.8, 4) is 0 Å². The number of benzene rings is 1. The van der Waals surface area contributed by atoms with Crippen molar-refractivity contribution in [1.82, 2.24) is 10.3 Å². The van der Waals surface area contributed by atoms with E-state index >= 15 is 0 Å². The van der Waals surface area contributed by atoms with Crippen LogP contribution in [0.1, 0.15) is 35.2 Å². The van der Waals surface area contributed by atoms with E-state index in [-0.39, 0.29) is 6.04 Å². The monoisotopic (exact) mass is 240 g/mol. The van der Waals surface area contributed by atoms with Crippen molar-refractivity contribution in [3.63, 3.8) is 0 Å². The predicted octanol–water partition coefficient (Wildman–Crippen LogP) is 3.26. The zero-order valence-corrected chi connectivity index (χ0v) is 11.3. The van der Waals surface area contributed by atoms with Crippen LogP contribution in [0.15, 0.2) is 42.7 Å². The molecule has 2 nitrogen and oxygen atoms in total. The summed E-state index contributed by atoms with van der Waals surface area (Å²) in [4.78, 5) is 4.21. The number of rotatable bonds is 4. The van der Waals surface area contributed by atoms with Crippen molar-refractivity contribution in [2.24, 2.45) is 0 Å². The average molecular weight is 240 g/mol. The molecular formula is C16H20N2. The van der Waals surface area contributed by atoms with Crippen LogP contribution >= 0.6 is 0 Å². The van der Waals surface area contributed by atoms with Crippen LogP contribution in [0.25, 0.3) is 0 Å². The highest BCUT2D eigenvalue weighted by Crippen LogP contribution is 2.24. The van der Waals surface area contributed by atoms with Gasteiger partial charge in [0.25, 0.3) is 0 Å². The topological polar surface area (TPSA) is 24.9 Å². The van der Waals surface area contributed by atoms with Crippen LogP contribution < -0.4 is 5.32 Å². The second-order valence-electron chi connectivity index (χ2n) is 4.56. The van der Waals surface area contributed by atoms with Crippen LogP contribution in [0.5, 0.6) is 0 Å². The molecule has 1 N–H and O–H groups in total. The summed E-state index contributed by atoms with van der Waals surface area (Å²) in [6.45, 7) is 4.28. The van der Waals surface area contributed by atoms with E-state index < -0.39 is 0 Å². The van der Waals surface area contributed by atoms with E-state index in [1.54, 1.807) is 0 Å². The van der Waals surface area contributed by atoms with E-state index in [1.165, 1.54) is 22.3 Å². The quantitative estimate of drug-likeness (QED) is 0.887. The summed E-state index contributed by atoms with van der Waals surface area (Å²) in [5.74, 6) is 0. The number of aryl methyl sites for hydroxylation is 2. The molecule has 1 atom stereocenters. The van der Waals surface area contributed by atoms with E-state index in [2.05, 4.69) is 54.5 Å². The summed E-state index contributed by atoms with van der Waals surface area (Å²) >= 11 is 0. The van der Waals surface area contributed by atoms with Gasteiger partial charge in [-0.2, -0.15) is 0 Å². The molecule has 1 aromatic heterocycles. The van der Waals surface area contributed by atoms with E-state index in [0.29, 0.717) is 0 Å². The van der Waals surface area contributed by atoms with Crippen molar-refractivity contribution in [1.29, 1.82) is 0 Å². The Hall–Kier alpha value is -1.67. The summed E-state index contributed by atoms with van der Waals surface area (Å²) in [5.41, 5.74) is 5.21. The van der Waals surface area contributed by atoms with Gasteiger partial charge < -0.3 is 5.32 Å². The Morgan fingerprint density at radius 3 is 2.50 bits per heavy atom. The Labute approximate surface area is 109 Å². The van der Waals surface area contributed by atoms with Gasteiger partial charge in [-0.1, -0.05) is 36.8 Å². The van der Waals surface area contributed by atoms with Crippen LogP contribution in [-0.4, -0.2) is 12.0 Å². The van der Waals surface area contributed by atoms with Crippen molar-refractivity contribution in [3.05, 3.63) is 65.0 Å². The molecule has 18 heavy (non-hydrogen) atoms. The van der Waals surface area contributed by atoms with Gasteiger partial charge in [-0.15, -0.1) is 0 Å². The molecule has 0 aliphatic heterocycles. The molecular weight excluding hydrogens is 220 g/mol. The molecule has 0 fully saturated rings. The molecule has 94 valence electrons. The van der Waals surface area contributed by atoms with Gasteiger partial charge in [0.1, 0.15) is 0 Å². The van der Waals surface area contributed by atoms with Crippen LogP contribution in [0, 0.1) is 6.92 Å². The van der Waals surface area contributed by atoms with E-state index in [9.17, 15) is 0 Å². The number of aromatic nitrogens is 1. The minimum absolute atomic E-state index is 0.239. The minimum atomic E-state index is 0.239. The molecule has 0 saturated heterocycles. The summed E-state index contributed by atoms with van der Waals surface area (Å²) < 4.78 is 0. The first-order valence-electron chi connectivity index (χ1n) is 6.43. The Morgan fingerprint density at radius 1 is 1.17 bits per heavy atom. The van der Waals surface area contributed by atoms with Gasteiger partial charge in [-0.3, -0.25) is 4.98 Å². The third-order valence-electron chi connectivity index (χ3n) is 3.33. The highest BCUT2D eigenvalue weighted by Gasteiger charge is 2.14. The minimum Gasteiger partial charge on any atom is -0.309 e.